The zero-order valence-corrected chi connectivity index (χ0v) is 10.6. The van der Waals surface area contributed by atoms with E-state index in [9.17, 15) is 4.79 Å². The molecule has 1 atom stereocenters. The smallest absolute Gasteiger partial charge is 0.248 e. The molecule has 0 radical (unpaired) electrons. The van der Waals surface area contributed by atoms with Crippen LogP contribution in [0, 0.1) is 5.92 Å². The lowest BCUT2D eigenvalue weighted by molar-refractivity contribution is -0.137. The topological polar surface area (TPSA) is 41.6 Å². The van der Waals surface area contributed by atoms with Gasteiger partial charge in [0.05, 0.1) is 6.61 Å². The molecule has 16 heavy (non-hydrogen) atoms. The molecular formula is C11H21ClN2O2. The van der Waals surface area contributed by atoms with Crippen LogP contribution in [0.1, 0.15) is 19.8 Å². The first-order valence-corrected chi connectivity index (χ1v) is 5.84. The number of amides is 1. The first kappa shape index (κ1) is 13.7. The van der Waals surface area contributed by atoms with Crippen LogP contribution < -0.4 is 5.32 Å². The standard InChI is InChI=1S/C11H20N2O2.ClH/c1-9-6-13(5-4-12-9)11(14)8-15-7-10-2-3-10;/h9-10,12H,2-8H2,1H3;1H/t9-;/m0./s1. The Bertz CT molecular complexity index is 234. The average molecular weight is 249 g/mol. The number of ether oxygens (including phenoxy) is 1. The predicted octanol–water partition coefficient (Wildman–Crippen LogP) is 0.655. The van der Waals surface area contributed by atoms with Crippen molar-refractivity contribution in [3.63, 3.8) is 0 Å². The lowest BCUT2D eigenvalue weighted by atomic mass is 10.2. The van der Waals surface area contributed by atoms with Crippen LogP contribution in [0.2, 0.25) is 0 Å². The van der Waals surface area contributed by atoms with E-state index in [4.69, 9.17) is 4.74 Å². The fourth-order valence-electron chi connectivity index (χ4n) is 1.85. The number of nitrogens with zero attached hydrogens (tertiary/aromatic N) is 1. The van der Waals surface area contributed by atoms with Crippen molar-refractivity contribution in [1.29, 1.82) is 0 Å². The van der Waals surface area contributed by atoms with Gasteiger partial charge >= 0.3 is 0 Å². The summed E-state index contributed by atoms with van der Waals surface area (Å²) in [5.41, 5.74) is 0. The molecule has 1 aliphatic heterocycles. The summed E-state index contributed by atoms with van der Waals surface area (Å²) in [6, 6.07) is 0.408. The Morgan fingerprint density at radius 2 is 2.25 bits per heavy atom. The minimum absolute atomic E-state index is 0. The van der Waals surface area contributed by atoms with Crippen molar-refractivity contribution in [2.24, 2.45) is 5.92 Å². The Kier molecular flexibility index (Phi) is 5.52. The summed E-state index contributed by atoms with van der Waals surface area (Å²) in [6.07, 6.45) is 2.55. The first-order chi connectivity index (χ1) is 7.25. The fraction of sp³-hybridized carbons (Fsp3) is 0.909. The summed E-state index contributed by atoms with van der Waals surface area (Å²) in [6.45, 7) is 5.66. The van der Waals surface area contributed by atoms with Crippen molar-refractivity contribution < 1.29 is 9.53 Å². The van der Waals surface area contributed by atoms with Crippen LogP contribution in [-0.2, 0) is 9.53 Å². The van der Waals surface area contributed by atoms with Gasteiger partial charge in [0.15, 0.2) is 0 Å². The van der Waals surface area contributed by atoms with E-state index >= 15 is 0 Å². The molecule has 0 aromatic carbocycles. The Labute approximate surface area is 103 Å². The molecule has 0 spiro atoms. The van der Waals surface area contributed by atoms with E-state index in [1.165, 1.54) is 12.8 Å². The van der Waals surface area contributed by atoms with E-state index in [1.54, 1.807) is 0 Å². The average Bonchev–Trinajstić information content (AvgIpc) is 3.01. The van der Waals surface area contributed by atoms with Gasteiger partial charge in [0.25, 0.3) is 0 Å². The molecule has 1 saturated carbocycles. The number of carbonyl (C=O) groups is 1. The van der Waals surface area contributed by atoms with E-state index in [1.807, 2.05) is 4.90 Å². The van der Waals surface area contributed by atoms with E-state index in [0.717, 1.165) is 32.2 Å². The fourth-order valence-corrected chi connectivity index (χ4v) is 1.85. The molecule has 1 amide bonds. The maximum absolute atomic E-state index is 11.7. The number of piperazine rings is 1. The van der Waals surface area contributed by atoms with Crippen molar-refractivity contribution >= 4 is 18.3 Å². The van der Waals surface area contributed by atoms with Gasteiger partial charge in [0, 0.05) is 25.7 Å². The molecule has 1 aliphatic carbocycles. The van der Waals surface area contributed by atoms with Crippen LogP contribution in [-0.4, -0.2) is 49.7 Å². The van der Waals surface area contributed by atoms with Crippen LogP contribution in [0.25, 0.3) is 0 Å². The van der Waals surface area contributed by atoms with Crippen LogP contribution >= 0.6 is 12.4 Å². The molecule has 94 valence electrons. The third kappa shape index (κ3) is 4.28. The van der Waals surface area contributed by atoms with Crippen LogP contribution in [0.5, 0.6) is 0 Å². The second-order valence-electron chi connectivity index (χ2n) is 4.65. The van der Waals surface area contributed by atoms with Crippen LogP contribution in [0.4, 0.5) is 0 Å². The molecule has 1 heterocycles. The monoisotopic (exact) mass is 248 g/mol. The van der Waals surface area contributed by atoms with E-state index in [-0.39, 0.29) is 24.9 Å². The molecule has 0 aromatic heterocycles. The van der Waals surface area contributed by atoms with Gasteiger partial charge in [-0.15, -0.1) is 12.4 Å². The number of halogens is 1. The Balaban J connectivity index is 0.00000128. The maximum atomic E-state index is 11.7. The third-order valence-electron chi connectivity index (χ3n) is 3.00. The van der Waals surface area contributed by atoms with Gasteiger partial charge in [-0.1, -0.05) is 0 Å². The van der Waals surface area contributed by atoms with Gasteiger partial charge in [-0.3, -0.25) is 4.79 Å². The van der Waals surface area contributed by atoms with Crippen LogP contribution in [0.3, 0.4) is 0 Å². The quantitative estimate of drug-likeness (QED) is 0.795. The Morgan fingerprint density at radius 3 is 2.88 bits per heavy atom. The van der Waals surface area contributed by atoms with Gasteiger partial charge in [0.2, 0.25) is 5.91 Å². The summed E-state index contributed by atoms with van der Waals surface area (Å²) in [7, 11) is 0. The highest BCUT2D eigenvalue weighted by Crippen LogP contribution is 2.28. The highest BCUT2D eigenvalue weighted by atomic mass is 35.5. The number of carbonyl (C=O) groups excluding carboxylic acids is 1. The van der Waals surface area contributed by atoms with E-state index in [2.05, 4.69) is 12.2 Å². The lowest BCUT2D eigenvalue weighted by Crippen LogP contribution is -2.52. The molecule has 0 unspecified atom stereocenters. The van der Waals surface area contributed by atoms with Gasteiger partial charge in [-0.2, -0.15) is 0 Å². The molecule has 2 aliphatic rings. The Morgan fingerprint density at radius 1 is 1.50 bits per heavy atom. The van der Waals surface area contributed by atoms with Crippen molar-refractivity contribution in [2.45, 2.75) is 25.8 Å². The zero-order valence-electron chi connectivity index (χ0n) is 9.78. The molecule has 0 bridgehead atoms. The summed E-state index contributed by atoms with van der Waals surface area (Å²) >= 11 is 0. The molecule has 0 aromatic rings. The number of hydrogen-bond acceptors (Lipinski definition) is 3. The normalized spacial score (nSPS) is 25.1. The van der Waals surface area contributed by atoms with Gasteiger partial charge < -0.3 is 15.0 Å². The number of rotatable bonds is 4. The molecule has 2 rings (SSSR count). The molecule has 4 nitrogen and oxygen atoms in total. The molecule has 1 saturated heterocycles. The van der Waals surface area contributed by atoms with Gasteiger partial charge in [0.1, 0.15) is 6.61 Å². The highest BCUT2D eigenvalue weighted by Gasteiger charge is 2.23. The Hall–Kier alpha value is -0.320. The minimum atomic E-state index is 0. The van der Waals surface area contributed by atoms with Crippen molar-refractivity contribution in [3.05, 3.63) is 0 Å². The van der Waals surface area contributed by atoms with Gasteiger partial charge in [-0.05, 0) is 25.7 Å². The summed E-state index contributed by atoms with van der Waals surface area (Å²) in [4.78, 5) is 13.6. The largest absolute Gasteiger partial charge is 0.371 e. The van der Waals surface area contributed by atoms with Gasteiger partial charge in [-0.25, -0.2) is 0 Å². The number of hydrogen-bond donors (Lipinski definition) is 1. The van der Waals surface area contributed by atoms with Crippen molar-refractivity contribution in [2.75, 3.05) is 32.8 Å². The predicted molar refractivity (Wildman–Crippen MR) is 64.8 cm³/mol. The minimum Gasteiger partial charge on any atom is -0.371 e. The SMILES string of the molecule is C[C@H]1CN(C(=O)COCC2CC2)CCN1.Cl. The lowest BCUT2D eigenvalue weighted by Gasteiger charge is -2.31. The summed E-state index contributed by atoms with van der Waals surface area (Å²) in [5, 5.41) is 3.32. The zero-order chi connectivity index (χ0) is 10.7. The second-order valence-corrected chi connectivity index (χ2v) is 4.65. The van der Waals surface area contributed by atoms with Crippen molar-refractivity contribution in [1.82, 2.24) is 10.2 Å². The number of nitrogens with one attached hydrogen (secondary N) is 1. The van der Waals surface area contributed by atoms with Crippen LogP contribution in [0.15, 0.2) is 0 Å². The van der Waals surface area contributed by atoms with Crippen molar-refractivity contribution in [3.8, 4) is 0 Å². The third-order valence-corrected chi connectivity index (χ3v) is 3.00. The highest BCUT2D eigenvalue weighted by molar-refractivity contribution is 5.85. The molecule has 2 fully saturated rings. The summed E-state index contributed by atoms with van der Waals surface area (Å²) < 4.78 is 5.40. The second kappa shape index (κ2) is 6.42. The molecule has 5 heteroatoms. The molecular weight excluding hydrogens is 228 g/mol. The maximum Gasteiger partial charge on any atom is 0.248 e. The molecule has 1 N–H and O–H groups in total. The van der Waals surface area contributed by atoms with E-state index in [0.29, 0.717) is 6.04 Å². The summed E-state index contributed by atoms with van der Waals surface area (Å²) in [5.74, 6) is 0.878. The first-order valence-electron chi connectivity index (χ1n) is 5.84. The van der Waals surface area contributed by atoms with E-state index < -0.39 is 0 Å².